The topological polar surface area (TPSA) is 32.3 Å². The fourth-order valence-electron chi connectivity index (χ4n) is 5.13. The van der Waals surface area contributed by atoms with E-state index < -0.39 is 0 Å². The summed E-state index contributed by atoms with van der Waals surface area (Å²) >= 11 is 0. The van der Waals surface area contributed by atoms with Crippen LogP contribution < -0.4 is 9.80 Å². The average Bonchev–Trinajstić information content (AvgIpc) is 3.09. The number of aromatic nitrogens is 2. The van der Waals surface area contributed by atoms with Crippen molar-refractivity contribution < 1.29 is 0 Å². The van der Waals surface area contributed by atoms with Crippen molar-refractivity contribution in [3.63, 3.8) is 0 Å². The number of hydrogen-bond donors (Lipinski definition) is 0. The van der Waals surface area contributed by atoms with Gasteiger partial charge >= 0.3 is 0 Å². The van der Waals surface area contributed by atoms with Crippen LogP contribution in [0.4, 0.5) is 22.9 Å². The van der Waals surface area contributed by atoms with Crippen molar-refractivity contribution in [1.29, 1.82) is 0 Å². The largest absolute Gasteiger partial charge is 0.315 e. The number of hydrogen-bond acceptors (Lipinski definition) is 4. The van der Waals surface area contributed by atoms with Gasteiger partial charge in [0.15, 0.2) is 5.82 Å². The van der Waals surface area contributed by atoms with E-state index in [0.29, 0.717) is 0 Å². The Kier molecular flexibility index (Phi) is 3.66. The van der Waals surface area contributed by atoms with Crippen LogP contribution in [0.15, 0.2) is 73.7 Å². The number of para-hydroxylation sites is 2. The van der Waals surface area contributed by atoms with Gasteiger partial charge in [0.25, 0.3) is 0 Å². The molecule has 2 atom stereocenters. The number of rotatable bonds is 2. The van der Waals surface area contributed by atoms with E-state index in [0.717, 1.165) is 11.5 Å². The molecular formula is C25H26N4. The molecule has 4 heteroatoms. The molecule has 0 N–H and O–H groups in total. The summed E-state index contributed by atoms with van der Waals surface area (Å²) in [6, 6.07) is 17.2. The lowest BCUT2D eigenvalue weighted by atomic mass is 9.58. The fraction of sp³-hybridized carbons (Fsp3) is 0.280. The predicted molar refractivity (Wildman–Crippen MR) is 119 cm³/mol. The molecule has 4 nitrogen and oxygen atoms in total. The molecule has 1 aromatic heterocycles. The third-order valence-electron chi connectivity index (χ3n) is 7.14. The summed E-state index contributed by atoms with van der Waals surface area (Å²) in [6.45, 7) is 13.4. The van der Waals surface area contributed by atoms with E-state index in [9.17, 15) is 0 Å². The summed E-state index contributed by atoms with van der Waals surface area (Å²) in [5, 5.41) is 0. The number of anilines is 4. The van der Waals surface area contributed by atoms with Crippen molar-refractivity contribution in [2.24, 2.45) is 5.41 Å². The molecule has 0 saturated heterocycles. The maximum atomic E-state index is 4.74. The van der Waals surface area contributed by atoms with Crippen molar-refractivity contribution in [2.45, 2.75) is 39.3 Å². The molecule has 3 aromatic rings. The minimum Gasteiger partial charge on any atom is -0.315 e. The van der Waals surface area contributed by atoms with E-state index in [-0.39, 0.29) is 17.0 Å². The predicted octanol–water partition coefficient (Wildman–Crippen LogP) is 5.88. The van der Waals surface area contributed by atoms with Crippen molar-refractivity contribution >= 4 is 22.9 Å². The molecular weight excluding hydrogens is 356 g/mol. The Balaban J connectivity index is 1.87. The molecule has 146 valence electrons. The number of fused-ring (bicyclic) bond motifs is 5. The van der Waals surface area contributed by atoms with Gasteiger partial charge in [0.05, 0.1) is 6.20 Å². The molecule has 3 heterocycles. The van der Waals surface area contributed by atoms with E-state index >= 15 is 0 Å². The lowest BCUT2D eigenvalue weighted by molar-refractivity contribution is 0.171. The molecule has 2 aliphatic rings. The van der Waals surface area contributed by atoms with Crippen LogP contribution in [0.25, 0.3) is 0 Å². The molecule has 29 heavy (non-hydrogen) atoms. The molecule has 2 aliphatic heterocycles. The van der Waals surface area contributed by atoms with Crippen LogP contribution >= 0.6 is 0 Å². The average molecular weight is 383 g/mol. The normalized spacial score (nSPS) is 23.9. The Hall–Kier alpha value is -3.14. The highest BCUT2D eigenvalue weighted by Crippen LogP contribution is 2.62. The maximum absolute atomic E-state index is 4.74. The molecule has 0 fully saturated rings. The monoisotopic (exact) mass is 382 g/mol. The summed E-state index contributed by atoms with van der Waals surface area (Å²) in [4.78, 5) is 13.9. The van der Waals surface area contributed by atoms with Gasteiger partial charge < -0.3 is 9.80 Å². The summed E-state index contributed by atoms with van der Waals surface area (Å²) in [5.74, 6) is 0.954. The number of benzene rings is 2. The summed E-state index contributed by atoms with van der Waals surface area (Å²) in [5.41, 5.74) is 5.58. The third kappa shape index (κ3) is 2.14. The molecule has 2 unspecified atom stereocenters. The molecule has 0 bridgehead atoms. The first-order chi connectivity index (χ1) is 13.9. The zero-order valence-corrected chi connectivity index (χ0v) is 17.4. The van der Waals surface area contributed by atoms with Crippen LogP contribution in [-0.2, 0) is 5.41 Å². The Labute approximate surface area is 172 Å². The van der Waals surface area contributed by atoms with Gasteiger partial charge in [-0.2, -0.15) is 0 Å². The highest BCUT2D eigenvalue weighted by atomic mass is 15.5. The maximum Gasteiger partial charge on any atom is 0.162 e. The van der Waals surface area contributed by atoms with Gasteiger partial charge in [-0.25, -0.2) is 9.97 Å². The Morgan fingerprint density at radius 3 is 2.34 bits per heavy atom. The van der Waals surface area contributed by atoms with Crippen LogP contribution in [0.1, 0.15) is 31.9 Å². The first kappa shape index (κ1) is 17.9. The second-order valence-corrected chi connectivity index (χ2v) is 8.78. The van der Waals surface area contributed by atoms with E-state index in [1.807, 2.05) is 6.20 Å². The van der Waals surface area contributed by atoms with Gasteiger partial charge in [-0.15, -0.1) is 6.58 Å². The molecule has 0 spiro atoms. The lowest BCUT2D eigenvalue weighted by Crippen LogP contribution is -2.60. The van der Waals surface area contributed by atoms with Crippen LogP contribution in [0.2, 0.25) is 0 Å². The SMILES string of the molecule is C=CC1(C)c2ccccc2N2c3cncnc3N(c3ccccc3C)C2C1(C)C. The van der Waals surface area contributed by atoms with Crippen LogP contribution in [0.3, 0.4) is 0 Å². The second-order valence-electron chi connectivity index (χ2n) is 8.78. The molecule has 0 radical (unpaired) electrons. The van der Waals surface area contributed by atoms with Crippen LogP contribution in [0.5, 0.6) is 0 Å². The number of nitrogens with zero attached hydrogens (tertiary/aromatic N) is 4. The molecule has 0 amide bonds. The fourth-order valence-corrected chi connectivity index (χ4v) is 5.13. The Bertz CT molecular complexity index is 1120. The van der Waals surface area contributed by atoms with Gasteiger partial charge in [0.1, 0.15) is 18.2 Å². The van der Waals surface area contributed by atoms with E-state index in [4.69, 9.17) is 4.98 Å². The highest BCUT2D eigenvalue weighted by molar-refractivity contribution is 5.89. The zero-order valence-electron chi connectivity index (χ0n) is 17.4. The van der Waals surface area contributed by atoms with E-state index in [1.165, 1.54) is 22.5 Å². The quantitative estimate of drug-likeness (QED) is 0.518. The molecule has 2 aromatic carbocycles. The smallest absolute Gasteiger partial charge is 0.162 e. The van der Waals surface area contributed by atoms with Gasteiger partial charge in [0.2, 0.25) is 0 Å². The van der Waals surface area contributed by atoms with Crippen LogP contribution in [0, 0.1) is 12.3 Å². The van der Waals surface area contributed by atoms with Crippen LogP contribution in [-0.4, -0.2) is 16.1 Å². The lowest BCUT2D eigenvalue weighted by Gasteiger charge is -2.56. The van der Waals surface area contributed by atoms with Crippen molar-refractivity contribution in [3.05, 3.63) is 84.8 Å². The third-order valence-corrected chi connectivity index (χ3v) is 7.14. The van der Waals surface area contributed by atoms with Crippen molar-refractivity contribution in [1.82, 2.24) is 9.97 Å². The first-order valence-corrected chi connectivity index (χ1v) is 10.1. The van der Waals surface area contributed by atoms with Crippen molar-refractivity contribution in [2.75, 3.05) is 9.80 Å². The number of aryl methyl sites for hydroxylation is 1. The van der Waals surface area contributed by atoms with Gasteiger partial charge in [0, 0.05) is 22.2 Å². The number of allylic oxidation sites excluding steroid dienone is 1. The summed E-state index contributed by atoms with van der Waals surface area (Å²) in [7, 11) is 0. The Morgan fingerprint density at radius 1 is 0.931 bits per heavy atom. The van der Waals surface area contributed by atoms with E-state index in [2.05, 4.69) is 104 Å². The first-order valence-electron chi connectivity index (χ1n) is 10.1. The Morgan fingerprint density at radius 2 is 1.62 bits per heavy atom. The minimum absolute atomic E-state index is 0.0493. The van der Waals surface area contributed by atoms with E-state index in [1.54, 1.807) is 6.33 Å². The van der Waals surface area contributed by atoms with Gasteiger partial charge in [-0.1, -0.05) is 63.2 Å². The standard InChI is InChI=1S/C25H26N4/c1-6-25(5)18-12-8-10-14-20(18)28-21-15-26-16-27-22(21)29(23(28)24(25,3)4)19-13-9-7-11-17(19)2/h6-16,23H,1H2,2-5H3. The second kappa shape index (κ2) is 5.93. The molecule has 0 aliphatic carbocycles. The minimum atomic E-state index is -0.207. The zero-order chi connectivity index (χ0) is 20.4. The highest BCUT2D eigenvalue weighted by Gasteiger charge is 2.59. The van der Waals surface area contributed by atoms with Gasteiger partial charge in [-0.3, -0.25) is 0 Å². The summed E-state index contributed by atoms with van der Waals surface area (Å²) < 4.78 is 0. The van der Waals surface area contributed by atoms with Gasteiger partial charge in [-0.05, 0) is 30.2 Å². The molecule has 0 saturated carbocycles. The molecule has 5 rings (SSSR count). The van der Waals surface area contributed by atoms with Crippen molar-refractivity contribution in [3.8, 4) is 0 Å². The summed E-state index contributed by atoms with van der Waals surface area (Å²) in [6.07, 6.45) is 5.76.